The number of non-ortho nitro benzene ring substituents is 1. The lowest BCUT2D eigenvalue weighted by molar-refractivity contribution is -0.385. The largest absolute Gasteiger partial charge is 0.418 e. The summed E-state index contributed by atoms with van der Waals surface area (Å²) >= 11 is 4.98. The second-order valence-corrected chi connectivity index (χ2v) is 5.61. The summed E-state index contributed by atoms with van der Waals surface area (Å²) in [6.07, 6.45) is -4.80. The number of ketones is 1. The van der Waals surface area contributed by atoms with E-state index < -0.39 is 28.0 Å². The zero-order valence-electron chi connectivity index (χ0n) is 13.3. The second kappa shape index (κ2) is 7.48. The number of carbonyl (C=O) groups is 1. The molecule has 0 amide bonds. The Morgan fingerprint density at radius 3 is 2.23 bits per heavy atom. The van der Waals surface area contributed by atoms with Crippen molar-refractivity contribution < 1.29 is 22.9 Å². The third-order valence-corrected chi connectivity index (χ3v) is 3.52. The maximum Gasteiger partial charge on any atom is 0.418 e. The molecular weight excluding hydrogens is 371 g/mol. The Morgan fingerprint density at radius 2 is 1.73 bits per heavy atom. The van der Waals surface area contributed by atoms with Crippen LogP contribution >= 0.6 is 12.2 Å². The summed E-state index contributed by atoms with van der Waals surface area (Å²) in [7, 11) is 0. The molecule has 0 saturated heterocycles. The number of carbonyl (C=O) groups excluding carboxylic acids is 1. The van der Waals surface area contributed by atoms with Crippen molar-refractivity contribution in [3.05, 3.63) is 63.7 Å². The Hall–Kier alpha value is -3.01. The lowest BCUT2D eigenvalue weighted by atomic mass is 10.1. The molecule has 0 heterocycles. The molecule has 0 unspecified atom stereocenters. The van der Waals surface area contributed by atoms with Crippen molar-refractivity contribution >= 4 is 40.2 Å². The quantitative estimate of drug-likeness (QED) is 0.347. The monoisotopic (exact) mass is 383 g/mol. The molecule has 0 radical (unpaired) electrons. The van der Waals surface area contributed by atoms with Crippen molar-refractivity contribution in [3.8, 4) is 0 Å². The molecule has 0 aliphatic rings. The number of nitro groups is 1. The van der Waals surface area contributed by atoms with E-state index in [0.29, 0.717) is 17.3 Å². The highest BCUT2D eigenvalue weighted by Gasteiger charge is 2.35. The van der Waals surface area contributed by atoms with Crippen molar-refractivity contribution in [2.75, 3.05) is 10.6 Å². The fourth-order valence-electron chi connectivity index (χ4n) is 2.06. The molecule has 0 atom stereocenters. The highest BCUT2D eigenvalue weighted by atomic mass is 32.1. The summed E-state index contributed by atoms with van der Waals surface area (Å²) in [5, 5.41) is 15.6. The first-order chi connectivity index (χ1) is 12.1. The van der Waals surface area contributed by atoms with E-state index in [9.17, 15) is 28.1 Å². The summed E-state index contributed by atoms with van der Waals surface area (Å²) in [6, 6.07) is 8.50. The van der Waals surface area contributed by atoms with Gasteiger partial charge in [-0.15, -0.1) is 0 Å². The number of nitrogens with one attached hydrogen (secondary N) is 2. The standard InChI is InChI=1S/C16H12F3N3O3S/c1-9(23)10-2-4-11(5-3-10)20-15(26)21-14-7-6-12(22(24)25)8-13(14)16(17,18)19/h2-8H,1H3,(H2,20,21,26). The zero-order chi connectivity index (χ0) is 19.5. The smallest absolute Gasteiger partial charge is 0.332 e. The van der Waals surface area contributed by atoms with Gasteiger partial charge in [0.25, 0.3) is 5.69 Å². The van der Waals surface area contributed by atoms with Gasteiger partial charge in [-0.3, -0.25) is 14.9 Å². The lowest BCUT2D eigenvalue weighted by Crippen LogP contribution is -2.21. The van der Waals surface area contributed by atoms with Crippen LogP contribution in [0.2, 0.25) is 0 Å². The Morgan fingerprint density at radius 1 is 1.12 bits per heavy atom. The maximum atomic E-state index is 13.1. The number of nitrogens with zero attached hydrogens (tertiary/aromatic N) is 1. The van der Waals surface area contributed by atoms with Crippen molar-refractivity contribution in [3.63, 3.8) is 0 Å². The minimum atomic E-state index is -4.80. The minimum Gasteiger partial charge on any atom is -0.332 e. The summed E-state index contributed by atoms with van der Waals surface area (Å²) < 4.78 is 39.4. The Kier molecular flexibility index (Phi) is 5.56. The summed E-state index contributed by atoms with van der Waals surface area (Å²) in [6.45, 7) is 1.40. The van der Waals surface area contributed by atoms with Crippen LogP contribution in [0.4, 0.5) is 30.2 Å². The van der Waals surface area contributed by atoms with Crippen LogP contribution in [0.3, 0.4) is 0 Å². The molecule has 2 rings (SSSR count). The molecule has 26 heavy (non-hydrogen) atoms. The van der Waals surface area contributed by atoms with Crippen LogP contribution in [0, 0.1) is 10.1 Å². The number of Topliss-reactive ketones (excluding diaryl/α,β-unsaturated/α-hetero) is 1. The van der Waals surface area contributed by atoms with Crippen LogP contribution in [-0.4, -0.2) is 15.8 Å². The van der Waals surface area contributed by atoms with Crippen LogP contribution in [0.15, 0.2) is 42.5 Å². The average molecular weight is 383 g/mol. The first-order valence-corrected chi connectivity index (χ1v) is 7.53. The predicted octanol–water partition coefficient (Wildman–Crippen LogP) is 4.63. The van der Waals surface area contributed by atoms with Crippen LogP contribution in [0.1, 0.15) is 22.8 Å². The molecule has 2 N–H and O–H groups in total. The Balaban J connectivity index is 2.20. The van der Waals surface area contributed by atoms with Gasteiger partial charge >= 0.3 is 6.18 Å². The topological polar surface area (TPSA) is 84.3 Å². The van der Waals surface area contributed by atoms with Crippen molar-refractivity contribution in [2.24, 2.45) is 0 Å². The number of halogens is 3. The molecule has 2 aromatic rings. The van der Waals surface area contributed by atoms with Gasteiger partial charge in [0.1, 0.15) is 0 Å². The lowest BCUT2D eigenvalue weighted by Gasteiger charge is -2.16. The number of alkyl halides is 3. The highest BCUT2D eigenvalue weighted by molar-refractivity contribution is 7.80. The number of anilines is 2. The van der Waals surface area contributed by atoms with Crippen LogP contribution in [-0.2, 0) is 6.18 Å². The average Bonchev–Trinajstić information content (AvgIpc) is 2.54. The number of rotatable bonds is 4. The summed E-state index contributed by atoms with van der Waals surface area (Å²) in [5.74, 6) is -0.127. The first-order valence-electron chi connectivity index (χ1n) is 7.12. The number of hydrogen-bond acceptors (Lipinski definition) is 4. The normalized spacial score (nSPS) is 10.9. The third-order valence-electron chi connectivity index (χ3n) is 3.32. The molecule has 0 spiro atoms. The maximum absolute atomic E-state index is 13.1. The second-order valence-electron chi connectivity index (χ2n) is 5.20. The zero-order valence-corrected chi connectivity index (χ0v) is 14.1. The number of hydrogen-bond donors (Lipinski definition) is 2. The van der Waals surface area contributed by atoms with Gasteiger partial charge in [-0.1, -0.05) is 0 Å². The first kappa shape index (κ1) is 19.3. The molecule has 0 bridgehead atoms. The Labute approximate surface area is 151 Å². The van der Waals surface area contributed by atoms with Gasteiger partial charge < -0.3 is 10.6 Å². The van der Waals surface area contributed by atoms with E-state index in [2.05, 4.69) is 10.6 Å². The van der Waals surface area contributed by atoms with E-state index in [1.165, 1.54) is 6.92 Å². The van der Waals surface area contributed by atoms with E-state index in [0.717, 1.165) is 12.1 Å². The summed E-state index contributed by atoms with van der Waals surface area (Å²) in [4.78, 5) is 21.0. The van der Waals surface area contributed by atoms with Gasteiger partial charge in [-0.2, -0.15) is 13.2 Å². The van der Waals surface area contributed by atoms with Gasteiger partial charge in [-0.25, -0.2) is 0 Å². The van der Waals surface area contributed by atoms with E-state index in [1.54, 1.807) is 24.3 Å². The molecule has 2 aromatic carbocycles. The fraction of sp³-hybridized carbons (Fsp3) is 0.125. The predicted molar refractivity (Wildman–Crippen MR) is 94.4 cm³/mol. The van der Waals surface area contributed by atoms with Gasteiger partial charge in [0.2, 0.25) is 0 Å². The molecule has 0 aromatic heterocycles. The van der Waals surface area contributed by atoms with Crippen LogP contribution in [0.25, 0.3) is 0 Å². The molecule has 136 valence electrons. The molecule has 0 aliphatic heterocycles. The van der Waals surface area contributed by atoms with Crippen molar-refractivity contribution in [2.45, 2.75) is 13.1 Å². The van der Waals surface area contributed by atoms with Crippen LogP contribution < -0.4 is 10.6 Å². The number of benzene rings is 2. The number of thiocarbonyl (C=S) groups is 1. The van der Waals surface area contributed by atoms with E-state index >= 15 is 0 Å². The molecule has 0 aliphatic carbocycles. The molecule has 10 heteroatoms. The van der Waals surface area contributed by atoms with E-state index in [4.69, 9.17) is 12.2 Å². The van der Waals surface area contributed by atoms with Crippen molar-refractivity contribution in [1.29, 1.82) is 0 Å². The van der Waals surface area contributed by atoms with Gasteiger partial charge in [0, 0.05) is 23.4 Å². The molecule has 6 nitrogen and oxygen atoms in total. The SMILES string of the molecule is CC(=O)c1ccc(NC(=S)Nc2ccc([N+](=O)[O-])cc2C(F)(F)F)cc1. The molecular formula is C16H12F3N3O3S. The van der Waals surface area contributed by atoms with Gasteiger partial charge in [0.15, 0.2) is 10.9 Å². The third kappa shape index (κ3) is 4.76. The minimum absolute atomic E-state index is 0.127. The van der Waals surface area contributed by atoms with Gasteiger partial charge in [-0.05, 0) is 49.5 Å². The van der Waals surface area contributed by atoms with Gasteiger partial charge in [0.05, 0.1) is 16.2 Å². The van der Waals surface area contributed by atoms with E-state index in [-0.39, 0.29) is 10.9 Å². The molecule has 0 fully saturated rings. The van der Waals surface area contributed by atoms with Crippen LogP contribution in [0.5, 0.6) is 0 Å². The Bertz CT molecular complexity index is 867. The number of nitro benzene ring substituents is 1. The van der Waals surface area contributed by atoms with Crippen molar-refractivity contribution in [1.82, 2.24) is 0 Å². The summed E-state index contributed by atoms with van der Waals surface area (Å²) in [5.41, 5.74) is -1.36. The molecule has 0 saturated carbocycles. The highest BCUT2D eigenvalue weighted by Crippen LogP contribution is 2.37. The van der Waals surface area contributed by atoms with E-state index in [1.807, 2.05) is 0 Å². The fourth-order valence-corrected chi connectivity index (χ4v) is 2.29.